The van der Waals surface area contributed by atoms with Crippen molar-refractivity contribution in [2.45, 2.75) is 19.8 Å². The average molecular weight is 300 g/mol. The van der Waals surface area contributed by atoms with E-state index in [-0.39, 0.29) is 12.3 Å². The summed E-state index contributed by atoms with van der Waals surface area (Å²) in [6, 6.07) is 7.71. The van der Waals surface area contributed by atoms with E-state index in [1.807, 2.05) is 24.3 Å². The van der Waals surface area contributed by atoms with Crippen LogP contribution in [0.5, 0.6) is 0 Å². The molecule has 0 aromatic heterocycles. The largest absolute Gasteiger partial charge is 0.461 e. The van der Waals surface area contributed by atoms with Gasteiger partial charge >= 0.3 is 5.97 Å². The van der Waals surface area contributed by atoms with Gasteiger partial charge in [0.2, 0.25) is 0 Å². The van der Waals surface area contributed by atoms with E-state index in [9.17, 15) is 4.79 Å². The van der Waals surface area contributed by atoms with Crippen molar-refractivity contribution < 1.29 is 14.7 Å². The standard InChI is InChI=1S/C12H14BrNO3/c1-2-17-12(15)11(14-16)8-7-9-5-3-4-6-10(9)13/h3-6,16H,2,7-8H2,1H3. The van der Waals surface area contributed by atoms with Gasteiger partial charge < -0.3 is 9.94 Å². The number of carbonyl (C=O) groups is 1. The zero-order chi connectivity index (χ0) is 12.7. The monoisotopic (exact) mass is 299 g/mol. The molecule has 0 radical (unpaired) electrons. The van der Waals surface area contributed by atoms with Crippen LogP contribution in [0.4, 0.5) is 0 Å². The number of oxime groups is 1. The molecule has 92 valence electrons. The Bertz CT molecular complexity index is 418. The Labute approximate surface area is 108 Å². The van der Waals surface area contributed by atoms with Crippen LogP contribution >= 0.6 is 15.9 Å². The quantitative estimate of drug-likeness (QED) is 0.394. The molecule has 0 amide bonds. The zero-order valence-corrected chi connectivity index (χ0v) is 11.1. The van der Waals surface area contributed by atoms with Crippen molar-refractivity contribution >= 4 is 27.6 Å². The lowest BCUT2D eigenvalue weighted by Crippen LogP contribution is -2.18. The number of rotatable bonds is 5. The van der Waals surface area contributed by atoms with Gasteiger partial charge in [-0.3, -0.25) is 0 Å². The van der Waals surface area contributed by atoms with Crippen molar-refractivity contribution in [2.75, 3.05) is 6.61 Å². The van der Waals surface area contributed by atoms with Crippen molar-refractivity contribution in [1.82, 2.24) is 0 Å². The van der Waals surface area contributed by atoms with Crippen LogP contribution in [0.1, 0.15) is 18.9 Å². The summed E-state index contributed by atoms with van der Waals surface area (Å²) in [7, 11) is 0. The first-order valence-electron chi connectivity index (χ1n) is 5.30. The van der Waals surface area contributed by atoms with E-state index in [4.69, 9.17) is 9.94 Å². The maximum Gasteiger partial charge on any atom is 0.356 e. The lowest BCUT2D eigenvalue weighted by atomic mass is 10.1. The molecule has 0 heterocycles. The van der Waals surface area contributed by atoms with E-state index in [1.165, 1.54) is 0 Å². The molecule has 1 N–H and O–H groups in total. The highest BCUT2D eigenvalue weighted by Gasteiger charge is 2.13. The predicted molar refractivity (Wildman–Crippen MR) is 68.3 cm³/mol. The fraction of sp³-hybridized carbons (Fsp3) is 0.333. The molecule has 0 fully saturated rings. The van der Waals surface area contributed by atoms with Crippen LogP contribution in [-0.4, -0.2) is 23.5 Å². The Hall–Kier alpha value is -1.36. The Morgan fingerprint density at radius 2 is 2.18 bits per heavy atom. The second-order valence-corrected chi connectivity index (χ2v) is 4.21. The van der Waals surface area contributed by atoms with Crippen LogP contribution < -0.4 is 0 Å². The summed E-state index contributed by atoms with van der Waals surface area (Å²) in [5.41, 5.74) is 1.10. The molecular formula is C12H14BrNO3. The van der Waals surface area contributed by atoms with Crippen LogP contribution in [0.2, 0.25) is 0 Å². The minimum Gasteiger partial charge on any atom is -0.461 e. The summed E-state index contributed by atoms with van der Waals surface area (Å²) in [5, 5.41) is 11.7. The van der Waals surface area contributed by atoms with Gasteiger partial charge in [-0.25, -0.2) is 4.79 Å². The molecule has 0 aliphatic carbocycles. The lowest BCUT2D eigenvalue weighted by Gasteiger charge is -2.05. The number of nitrogens with zero attached hydrogens (tertiary/aromatic N) is 1. The molecule has 0 saturated heterocycles. The van der Waals surface area contributed by atoms with Gasteiger partial charge in [0, 0.05) is 10.9 Å². The first kappa shape index (κ1) is 13.7. The van der Waals surface area contributed by atoms with Gasteiger partial charge in [0.1, 0.15) is 0 Å². The minimum atomic E-state index is -0.568. The third-order valence-corrected chi connectivity index (χ3v) is 2.99. The highest BCUT2D eigenvalue weighted by Crippen LogP contribution is 2.17. The summed E-state index contributed by atoms with van der Waals surface area (Å²) in [5.74, 6) is -0.568. The molecule has 4 nitrogen and oxygen atoms in total. The normalized spacial score (nSPS) is 11.3. The molecule has 0 bridgehead atoms. The van der Waals surface area contributed by atoms with Crippen molar-refractivity contribution in [2.24, 2.45) is 5.16 Å². The van der Waals surface area contributed by atoms with Gasteiger partial charge in [-0.2, -0.15) is 0 Å². The molecule has 0 unspecified atom stereocenters. The number of benzene rings is 1. The van der Waals surface area contributed by atoms with Crippen LogP contribution in [-0.2, 0) is 16.0 Å². The second kappa shape index (κ2) is 7.06. The van der Waals surface area contributed by atoms with Gasteiger partial charge in [-0.1, -0.05) is 39.3 Å². The highest BCUT2D eigenvalue weighted by atomic mass is 79.9. The van der Waals surface area contributed by atoms with Crippen molar-refractivity contribution in [3.8, 4) is 0 Å². The first-order chi connectivity index (χ1) is 8.19. The Morgan fingerprint density at radius 1 is 1.47 bits per heavy atom. The van der Waals surface area contributed by atoms with Crippen LogP contribution in [0.25, 0.3) is 0 Å². The van der Waals surface area contributed by atoms with Gasteiger partial charge in [0.05, 0.1) is 6.61 Å². The highest BCUT2D eigenvalue weighted by molar-refractivity contribution is 9.10. The number of aryl methyl sites for hydroxylation is 1. The van der Waals surface area contributed by atoms with E-state index in [0.29, 0.717) is 12.8 Å². The van der Waals surface area contributed by atoms with Gasteiger partial charge in [-0.15, -0.1) is 0 Å². The van der Waals surface area contributed by atoms with Crippen molar-refractivity contribution in [3.05, 3.63) is 34.3 Å². The molecule has 1 rings (SSSR count). The lowest BCUT2D eigenvalue weighted by molar-refractivity contribution is -0.135. The van der Waals surface area contributed by atoms with E-state index in [1.54, 1.807) is 6.92 Å². The predicted octanol–water partition coefficient (Wildman–Crippen LogP) is 2.78. The van der Waals surface area contributed by atoms with Gasteiger partial charge in [0.15, 0.2) is 5.71 Å². The smallest absolute Gasteiger partial charge is 0.356 e. The molecule has 0 spiro atoms. The molecule has 0 aliphatic heterocycles. The zero-order valence-electron chi connectivity index (χ0n) is 9.52. The van der Waals surface area contributed by atoms with Gasteiger partial charge in [-0.05, 0) is 25.0 Å². The van der Waals surface area contributed by atoms with E-state index in [0.717, 1.165) is 10.0 Å². The SMILES string of the molecule is CCOC(=O)C(CCc1ccccc1Br)=NO. The number of esters is 1. The second-order valence-electron chi connectivity index (χ2n) is 3.36. The summed E-state index contributed by atoms with van der Waals surface area (Å²) >= 11 is 3.42. The fourth-order valence-electron chi connectivity index (χ4n) is 1.36. The van der Waals surface area contributed by atoms with E-state index >= 15 is 0 Å². The fourth-order valence-corrected chi connectivity index (χ4v) is 1.84. The molecule has 0 atom stereocenters. The third kappa shape index (κ3) is 4.19. The molecule has 0 saturated carbocycles. The van der Waals surface area contributed by atoms with Gasteiger partial charge in [0.25, 0.3) is 0 Å². The van der Waals surface area contributed by atoms with Crippen LogP contribution in [0, 0.1) is 0 Å². The molecule has 0 aliphatic rings. The van der Waals surface area contributed by atoms with Crippen LogP contribution in [0.15, 0.2) is 33.9 Å². The average Bonchev–Trinajstić information content (AvgIpc) is 2.32. The van der Waals surface area contributed by atoms with E-state index in [2.05, 4.69) is 21.1 Å². The Kier molecular flexibility index (Phi) is 5.69. The summed E-state index contributed by atoms with van der Waals surface area (Å²) < 4.78 is 5.75. The number of carbonyl (C=O) groups excluding carboxylic acids is 1. The maximum atomic E-state index is 11.4. The summed E-state index contributed by atoms with van der Waals surface area (Å²) in [6.07, 6.45) is 0.956. The number of hydrogen-bond acceptors (Lipinski definition) is 4. The van der Waals surface area contributed by atoms with Crippen molar-refractivity contribution in [1.29, 1.82) is 0 Å². The Balaban J connectivity index is 2.60. The third-order valence-electron chi connectivity index (χ3n) is 2.22. The maximum absolute atomic E-state index is 11.4. The summed E-state index contributed by atoms with van der Waals surface area (Å²) in [4.78, 5) is 11.4. The topological polar surface area (TPSA) is 58.9 Å². The van der Waals surface area contributed by atoms with E-state index < -0.39 is 5.97 Å². The molecule has 5 heteroatoms. The Morgan fingerprint density at radius 3 is 2.76 bits per heavy atom. The molecule has 17 heavy (non-hydrogen) atoms. The summed E-state index contributed by atoms with van der Waals surface area (Å²) in [6.45, 7) is 1.98. The van der Waals surface area contributed by atoms with Crippen LogP contribution in [0.3, 0.4) is 0 Å². The van der Waals surface area contributed by atoms with Crippen molar-refractivity contribution in [3.63, 3.8) is 0 Å². The molecule has 1 aromatic carbocycles. The molecule has 1 aromatic rings. The molecular weight excluding hydrogens is 286 g/mol. The first-order valence-corrected chi connectivity index (χ1v) is 6.09. The number of hydrogen-bond donors (Lipinski definition) is 1. The number of ether oxygens (including phenoxy) is 1. The minimum absolute atomic E-state index is 0.0441. The number of halogens is 1.